The van der Waals surface area contributed by atoms with Crippen LogP contribution in [0.4, 0.5) is 17.1 Å². The Morgan fingerprint density at radius 1 is 0.935 bits per heavy atom. The van der Waals surface area contributed by atoms with E-state index in [1.807, 2.05) is 31.1 Å². The maximum Gasteiger partial charge on any atom is 0.341 e. The Bertz CT molecular complexity index is 1060. The number of rotatable bonds is 7. The lowest BCUT2D eigenvalue weighted by molar-refractivity contribution is -0.123. The fourth-order valence-corrected chi connectivity index (χ4v) is 3.35. The lowest BCUT2D eigenvalue weighted by atomic mass is 10.1. The number of nitrogens with zero attached hydrogens (tertiary/aromatic N) is 1. The summed E-state index contributed by atoms with van der Waals surface area (Å²) in [5.41, 5.74) is 2.08. The van der Waals surface area contributed by atoms with Gasteiger partial charge in [0, 0.05) is 25.5 Å². The molecule has 0 aliphatic rings. The SMILES string of the molecule is CC(OC(=O)c1ccccc1NC(=O)c1cccs1)C(=O)Nc1ccc(N(C)C)cc1. The Labute approximate surface area is 184 Å². The maximum absolute atomic E-state index is 12.7. The molecule has 0 saturated carbocycles. The van der Waals surface area contributed by atoms with Crippen LogP contribution in [-0.2, 0) is 9.53 Å². The molecule has 1 heterocycles. The van der Waals surface area contributed by atoms with Crippen LogP contribution < -0.4 is 15.5 Å². The smallest absolute Gasteiger partial charge is 0.341 e. The zero-order valence-corrected chi connectivity index (χ0v) is 18.2. The number of esters is 1. The summed E-state index contributed by atoms with van der Waals surface area (Å²) in [7, 11) is 3.85. The van der Waals surface area contributed by atoms with Gasteiger partial charge in [0.1, 0.15) is 0 Å². The van der Waals surface area contributed by atoms with Gasteiger partial charge in [-0.15, -0.1) is 11.3 Å². The van der Waals surface area contributed by atoms with Gasteiger partial charge in [-0.3, -0.25) is 9.59 Å². The topological polar surface area (TPSA) is 87.7 Å². The molecule has 7 nitrogen and oxygen atoms in total. The number of nitrogens with one attached hydrogen (secondary N) is 2. The molecule has 0 saturated heterocycles. The fraction of sp³-hybridized carbons (Fsp3) is 0.174. The van der Waals surface area contributed by atoms with Crippen LogP contribution in [0.25, 0.3) is 0 Å². The standard InChI is InChI=1S/C23H23N3O4S/c1-15(21(27)24-16-10-12-17(13-11-16)26(2)3)30-23(29)18-7-4-5-8-19(18)25-22(28)20-9-6-14-31-20/h4-15H,1-3H3,(H,24,27)(H,25,28). The number of amides is 2. The molecule has 160 valence electrons. The van der Waals surface area contributed by atoms with Crippen LogP contribution in [0, 0.1) is 0 Å². The highest BCUT2D eigenvalue weighted by Gasteiger charge is 2.22. The van der Waals surface area contributed by atoms with Crippen LogP contribution in [0.1, 0.15) is 27.0 Å². The molecule has 31 heavy (non-hydrogen) atoms. The van der Waals surface area contributed by atoms with Crippen molar-refractivity contribution in [2.45, 2.75) is 13.0 Å². The van der Waals surface area contributed by atoms with Crippen LogP contribution in [-0.4, -0.2) is 38.0 Å². The average Bonchev–Trinajstić information content (AvgIpc) is 3.29. The van der Waals surface area contributed by atoms with Crippen molar-refractivity contribution in [2.75, 3.05) is 29.6 Å². The minimum absolute atomic E-state index is 0.169. The molecule has 2 amide bonds. The van der Waals surface area contributed by atoms with Gasteiger partial charge in [0.15, 0.2) is 6.10 Å². The first-order valence-electron chi connectivity index (χ1n) is 9.58. The summed E-state index contributed by atoms with van der Waals surface area (Å²) in [6.45, 7) is 1.49. The molecule has 3 aromatic rings. The minimum Gasteiger partial charge on any atom is -0.449 e. The highest BCUT2D eigenvalue weighted by atomic mass is 32.1. The molecule has 3 rings (SSSR count). The van der Waals surface area contributed by atoms with E-state index in [-0.39, 0.29) is 11.5 Å². The van der Waals surface area contributed by atoms with Gasteiger partial charge < -0.3 is 20.3 Å². The Balaban J connectivity index is 1.64. The molecule has 2 aromatic carbocycles. The second-order valence-electron chi connectivity index (χ2n) is 6.96. The third kappa shape index (κ3) is 5.70. The van der Waals surface area contributed by atoms with Gasteiger partial charge in [0.05, 0.1) is 16.1 Å². The first-order valence-corrected chi connectivity index (χ1v) is 10.5. The van der Waals surface area contributed by atoms with E-state index in [1.54, 1.807) is 47.8 Å². The summed E-state index contributed by atoms with van der Waals surface area (Å²) in [6.07, 6.45) is -1.03. The number of carbonyl (C=O) groups excluding carboxylic acids is 3. The molecular weight excluding hydrogens is 414 g/mol. The molecule has 2 N–H and O–H groups in total. The number of para-hydroxylation sites is 1. The van der Waals surface area contributed by atoms with Crippen LogP contribution in [0.15, 0.2) is 66.0 Å². The Kier molecular flexibility index (Phi) is 7.04. The highest BCUT2D eigenvalue weighted by molar-refractivity contribution is 7.12. The molecular formula is C23H23N3O4S. The van der Waals surface area contributed by atoms with Crippen LogP contribution in [0.2, 0.25) is 0 Å². The molecule has 0 radical (unpaired) electrons. The normalized spacial score (nSPS) is 11.3. The summed E-state index contributed by atoms with van der Waals surface area (Å²) in [5.74, 6) is -1.47. The highest BCUT2D eigenvalue weighted by Crippen LogP contribution is 2.20. The summed E-state index contributed by atoms with van der Waals surface area (Å²) < 4.78 is 5.34. The number of thiophene rings is 1. The second-order valence-corrected chi connectivity index (χ2v) is 7.90. The van der Waals surface area contributed by atoms with E-state index in [0.717, 1.165) is 5.69 Å². The number of carbonyl (C=O) groups is 3. The van der Waals surface area contributed by atoms with Crippen molar-refractivity contribution < 1.29 is 19.1 Å². The minimum atomic E-state index is -1.03. The van der Waals surface area contributed by atoms with Gasteiger partial charge in [-0.05, 0) is 54.8 Å². The van der Waals surface area contributed by atoms with Gasteiger partial charge in [-0.1, -0.05) is 18.2 Å². The molecule has 1 unspecified atom stereocenters. The third-order valence-corrected chi connectivity index (χ3v) is 5.31. The van der Waals surface area contributed by atoms with E-state index < -0.39 is 18.0 Å². The van der Waals surface area contributed by atoms with Gasteiger partial charge in [-0.2, -0.15) is 0 Å². The van der Waals surface area contributed by atoms with Crippen molar-refractivity contribution in [1.82, 2.24) is 0 Å². The van der Waals surface area contributed by atoms with Crippen LogP contribution >= 0.6 is 11.3 Å². The summed E-state index contributed by atoms with van der Waals surface area (Å²) >= 11 is 1.30. The van der Waals surface area contributed by atoms with Crippen molar-refractivity contribution in [3.8, 4) is 0 Å². The van der Waals surface area contributed by atoms with E-state index >= 15 is 0 Å². The van der Waals surface area contributed by atoms with Crippen molar-refractivity contribution in [3.63, 3.8) is 0 Å². The molecule has 0 bridgehead atoms. The molecule has 0 aliphatic carbocycles. The quantitative estimate of drug-likeness (QED) is 0.540. The lowest BCUT2D eigenvalue weighted by Crippen LogP contribution is -2.30. The first-order chi connectivity index (χ1) is 14.8. The number of hydrogen-bond donors (Lipinski definition) is 2. The predicted molar refractivity (Wildman–Crippen MR) is 123 cm³/mol. The predicted octanol–water partition coefficient (Wildman–Crippen LogP) is 4.25. The average molecular weight is 438 g/mol. The summed E-state index contributed by atoms with van der Waals surface area (Å²) in [6, 6.07) is 17.3. The molecule has 1 aromatic heterocycles. The summed E-state index contributed by atoms with van der Waals surface area (Å²) in [4.78, 5) is 39.9. The van der Waals surface area contributed by atoms with Crippen LogP contribution in [0.3, 0.4) is 0 Å². The van der Waals surface area contributed by atoms with Crippen molar-refractivity contribution in [2.24, 2.45) is 0 Å². The van der Waals surface area contributed by atoms with E-state index in [0.29, 0.717) is 16.3 Å². The van der Waals surface area contributed by atoms with Crippen molar-refractivity contribution >= 4 is 46.2 Å². The van der Waals surface area contributed by atoms with E-state index in [1.165, 1.54) is 24.3 Å². The molecule has 0 fully saturated rings. The molecule has 0 aliphatic heterocycles. The lowest BCUT2D eigenvalue weighted by Gasteiger charge is -2.16. The number of hydrogen-bond acceptors (Lipinski definition) is 6. The maximum atomic E-state index is 12.7. The number of ether oxygens (including phenoxy) is 1. The van der Waals surface area contributed by atoms with Gasteiger partial charge in [0.25, 0.3) is 11.8 Å². The summed E-state index contributed by atoms with van der Waals surface area (Å²) in [5, 5.41) is 7.24. The zero-order chi connectivity index (χ0) is 22.4. The van der Waals surface area contributed by atoms with Crippen molar-refractivity contribution in [3.05, 3.63) is 76.5 Å². The molecule has 8 heteroatoms. The Hall–Kier alpha value is -3.65. The molecule has 0 spiro atoms. The van der Waals surface area contributed by atoms with Crippen molar-refractivity contribution in [1.29, 1.82) is 0 Å². The number of anilines is 3. The van der Waals surface area contributed by atoms with Gasteiger partial charge >= 0.3 is 5.97 Å². The molecule has 1 atom stereocenters. The van der Waals surface area contributed by atoms with E-state index in [4.69, 9.17) is 4.74 Å². The first kappa shape index (κ1) is 22.0. The largest absolute Gasteiger partial charge is 0.449 e. The Morgan fingerprint density at radius 2 is 1.65 bits per heavy atom. The van der Waals surface area contributed by atoms with Crippen LogP contribution in [0.5, 0.6) is 0 Å². The van der Waals surface area contributed by atoms with E-state index in [9.17, 15) is 14.4 Å². The third-order valence-electron chi connectivity index (χ3n) is 4.44. The van der Waals surface area contributed by atoms with Gasteiger partial charge in [-0.25, -0.2) is 4.79 Å². The monoisotopic (exact) mass is 437 g/mol. The van der Waals surface area contributed by atoms with Gasteiger partial charge in [0.2, 0.25) is 0 Å². The zero-order valence-electron chi connectivity index (χ0n) is 17.4. The Morgan fingerprint density at radius 3 is 2.29 bits per heavy atom. The second kappa shape index (κ2) is 9.90. The fourth-order valence-electron chi connectivity index (χ4n) is 2.73. The van der Waals surface area contributed by atoms with E-state index in [2.05, 4.69) is 10.6 Å². The number of benzene rings is 2.